The molecule has 1 N–H and O–H groups in total. The Bertz CT molecular complexity index is 670. The number of cyclic esters (lactones) is 1. The van der Waals surface area contributed by atoms with Crippen molar-refractivity contribution in [1.29, 1.82) is 0 Å². The van der Waals surface area contributed by atoms with Gasteiger partial charge in [-0.3, -0.25) is 0 Å². The fourth-order valence-electron chi connectivity index (χ4n) is 5.80. The summed E-state index contributed by atoms with van der Waals surface area (Å²) in [7, 11) is 0. The first-order valence-corrected chi connectivity index (χ1v) is 16.9. The van der Waals surface area contributed by atoms with E-state index in [-0.39, 0.29) is 12.4 Å². The number of carbonyl (C=O) groups is 2. The molecule has 1 heterocycles. The Labute approximate surface area is 240 Å². The van der Waals surface area contributed by atoms with Crippen LogP contribution in [0.4, 0.5) is 0 Å². The molecule has 1 aliphatic heterocycles. The highest BCUT2D eigenvalue weighted by Gasteiger charge is 2.54. The van der Waals surface area contributed by atoms with E-state index in [1.807, 2.05) is 0 Å². The third-order valence-corrected chi connectivity index (χ3v) is 8.25. The van der Waals surface area contributed by atoms with Gasteiger partial charge in [0.25, 0.3) is 0 Å². The number of ether oxygens (including phenoxy) is 2. The average molecular weight is 551 g/mol. The van der Waals surface area contributed by atoms with Crippen LogP contribution >= 0.6 is 0 Å². The van der Waals surface area contributed by atoms with Gasteiger partial charge >= 0.3 is 11.9 Å². The molecule has 0 amide bonds. The summed E-state index contributed by atoms with van der Waals surface area (Å²) < 4.78 is 11.0. The first-order chi connectivity index (χ1) is 19.0. The molecule has 0 radical (unpaired) electrons. The Hall–Kier alpha value is -1.52. The van der Waals surface area contributed by atoms with Gasteiger partial charge in [-0.1, -0.05) is 149 Å². The minimum atomic E-state index is -1.44. The zero-order valence-electron chi connectivity index (χ0n) is 26.0. The molecule has 1 aliphatic rings. The maximum Gasteiger partial charge on any atom is 0.374 e. The standard InChI is InChI=1S/C34H62O5/c1-4-7-9-11-13-15-17-19-21-23-25-27-29-34(33(37)38-6-3)30(31(35)32(36)39-34)28-26-24-22-20-18-16-14-12-10-8-5-2/h35H,4-29H2,1-3H3. The molecule has 5 heteroatoms. The van der Waals surface area contributed by atoms with E-state index in [9.17, 15) is 14.7 Å². The van der Waals surface area contributed by atoms with Crippen molar-refractivity contribution >= 4 is 11.9 Å². The number of aliphatic hydroxyl groups excluding tert-OH is 1. The quantitative estimate of drug-likeness (QED) is 0.0813. The molecule has 1 rings (SSSR count). The number of carbonyl (C=O) groups excluding carboxylic acids is 2. The van der Waals surface area contributed by atoms with Gasteiger partial charge in [0.2, 0.25) is 11.4 Å². The molecule has 0 aromatic rings. The van der Waals surface area contributed by atoms with E-state index >= 15 is 0 Å². The van der Waals surface area contributed by atoms with Crippen molar-refractivity contribution < 1.29 is 24.2 Å². The molecule has 0 fully saturated rings. The molecule has 0 aliphatic carbocycles. The van der Waals surface area contributed by atoms with Crippen LogP contribution < -0.4 is 0 Å². The first kappa shape index (κ1) is 35.5. The van der Waals surface area contributed by atoms with Gasteiger partial charge in [0.05, 0.1) is 6.61 Å². The lowest BCUT2D eigenvalue weighted by molar-refractivity contribution is -0.173. The van der Waals surface area contributed by atoms with Crippen LogP contribution in [0.1, 0.15) is 181 Å². The monoisotopic (exact) mass is 550 g/mol. The van der Waals surface area contributed by atoms with Crippen LogP contribution in [0, 0.1) is 0 Å². The second-order valence-corrected chi connectivity index (χ2v) is 11.7. The van der Waals surface area contributed by atoms with Crippen LogP contribution in [-0.2, 0) is 19.1 Å². The van der Waals surface area contributed by atoms with E-state index in [0.29, 0.717) is 18.4 Å². The van der Waals surface area contributed by atoms with Crippen LogP contribution in [0.15, 0.2) is 11.3 Å². The van der Waals surface area contributed by atoms with Crippen molar-refractivity contribution in [2.24, 2.45) is 0 Å². The molecular weight excluding hydrogens is 488 g/mol. The molecule has 1 unspecified atom stereocenters. The van der Waals surface area contributed by atoms with Crippen LogP contribution in [0.5, 0.6) is 0 Å². The maximum atomic E-state index is 13.1. The summed E-state index contributed by atoms with van der Waals surface area (Å²) in [5.41, 5.74) is -0.987. The van der Waals surface area contributed by atoms with E-state index in [0.717, 1.165) is 38.5 Å². The Kier molecular flexibility index (Phi) is 21.1. The van der Waals surface area contributed by atoms with Crippen molar-refractivity contribution in [3.63, 3.8) is 0 Å². The highest BCUT2D eigenvalue weighted by atomic mass is 16.6. The number of hydrogen-bond donors (Lipinski definition) is 1. The summed E-state index contributed by atoms with van der Waals surface area (Å²) in [6.45, 7) is 6.49. The summed E-state index contributed by atoms with van der Waals surface area (Å²) in [4.78, 5) is 25.4. The topological polar surface area (TPSA) is 72.8 Å². The molecule has 0 aromatic heterocycles. The zero-order valence-corrected chi connectivity index (χ0v) is 26.0. The molecule has 0 spiro atoms. The molecule has 0 bridgehead atoms. The lowest BCUT2D eigenvalue weighted by atomic mass is 9.85. The molecule has 1 atom stereocenters. The smallest absolute Gasteiger partial charge is 0.374 e. The van der Waals surface area contributed by atoms with Crippen LogP contribution in [-0.4, -0.2) is 29.3 Å². The van der Waals surface area contributed by atoms with Crippen molar-refractivity contribution in [2.75, 3.05) is 6.61 Å². The van der Waals surface area contributed by atoms with E-state index in [1.54, 1.807) is 6.92 Å². The number of unbranched alkanes of at least 4 members (excludes halogenated alkanes) is 21. The molecule has 0 aromatic carbocycles. The SMILES string of the molecule is CCCCCCCCCCCCCCC1(C(=O)OCC)OC(=O)C(O)=C1CCCCCCCCCCCCC. The van der Waals surface area contributed by atoms with Gasteiger partial charge in [-0.05, 0) is 26.2 Å². The zero-order chi connectivity index (χ0) is 28.6. The van der Waals surface area contributed by atoms with Gasteiger partial charge in [-0.25, -0.2) is 9.59 Å². The summed E-state index contributed by atoms with van der Waals surface area (Å²) in [6.07, 6.45) is 29.1. The van der Waals surface area contributed by atoms with E-state index in [1.165, 1.54) is 109 Å². The lowest BCUT2D eigenvalue weighted by Gasteiger charge is -2.28. The Morgan fingerprint density at radius 3 is 1.44 bits per heavy atom. The van der Waals surface area contributed by atoms with E-state index in [4.69, 9.17) is 9.47 Å². The fourth-order valence-corrected chi connectivity index (χ4v) is 5.80. The number of aliphatic hydroxyl groups is 1. The highest BCUT2D eigenvalue weighted by molar-refractivity contribution is 5.98. The van der Waals surface area contributed by atoms with Gasteiger partial charge < -0.3 is 14.6 Å². The second-order valence-electron chi connectivity index (χ2n) is 11.7. The Balaban J connectivity index is 2.41. The second kappa shape index (κ2) is 23.2. The molecular formula is C34H62O5. The third kappa shape index (κ3) is 14.6. The van der Waals surface area contributed by atoms with Gasteiger partial charge in [0, 0.05) is 12.0 Å². The van der Waals surface area contributed by atoms with Gasteiger partial charge in [-0.2, -0.15) is 0 Å². The molecule has 5 nitrogen and oxygen atoms in total. The summed E-state index contributed by atoms with van der Waals surface area (Å²) in [6, 6.07) is 0. The molecule has 0 saturated heterocycles. The van der Waals surface area contributed by atoms with Gasteiger partial charge in [0.1, 0.15) is 0 Å². The predicted octanol–water partition coefficient (Wildman–Crippen LogP) is 10.4. The summed E-state index contributed by atoms with van der Waals surface area (Å²) in [5.74, 6) is -1.67. The lowest BCUT2D eigenvalue weighted by Crippen LogP contribution is -2.43. The van der Waals surface area contributed by atoms with Crippen molar-refractivity contribution in [3.8, 4) is 0 Å². The molecule has 39 heavy (non-hydrogen) atoms. The number of hydrogen-bond acceptors (Lipinski definition) is 5. The largest absolute Gasteiger partial charge is 0.502 e. The number of esters is 2. The maximum absolute atomic E-state index is 13.1. The van der Waals surface area contributed by atoms with Crippen LogP contribution in [0.25, 0.3) is 0 Å². The van der Waals surface area contributed by atoms with E-state index < -0.39 is 17.5 Å². The minimum Gasteiger partial charge on any atom is -0.502 e. The Morgan fingerprint density at radius 1 is 0.641 bits per heavy atom. The summed E-state index contributed by atoms with van der Waals surface area (Å²) in [5, 5.41) is 10.6. The minimum absolute atomic E-state index is 0.225. The predicted molar refractivity (Wildman–Crippen MR) is 162 cm³/mol. The van der Waals surface area contributed by atoms with Gasteiger partial charge in [0.15, 0.2) is 0 Å². The summed E-state index contributed by atoms with van der Waals surface area (Å²) >= 11 is 0. The number of rotatable bonds is 27. The average Bonchev–Trinajstić information content (AvgIpc) is 3.17. The fraction of sp³-hybridized carbons (Fsp3) is 0.882. The molecule has 228 valence electrons. The van der Waals surface area contributed by atoms with Crippen molar-refractivity contribution in [3.05, 3.63) is 11.3 Å². The first-order valence-electron chi connectivity index (χ1n) is 16.9. The van der Waals surface area contributed by atoms with Crippen LogP contribution in [0.2, 0.25) is 0 Å². The van der Waals surface area contributed by atoms with Gasteiger partial charge in [-0.15, -0.1) is 0 Å². The van der Waals surface area contributed by atoms with Crippen molar-refractivity contribution in [2.45, 2.75) is 187 Å². The van der Waals surface area contributed by atoms with Crippen LogP contribution in [0.3, 0.4) is 0 Å². The molecule has 0 saturated carbocycles. The van der Waals surface area contributed by atoms with Crippen molar-refractivity contribution in [1.82, 2.24) is 0 Å². The normalized spacial score (nSPS) is 17.2. The Morgan fingerprint density at radius 2 is 1.03 bits per heavy atom. The van der Waals surface area contributed by atoms with E-state index in [2.05, 4.69) is 13.8 Å². The third-order valence-electron chi connectivity index (χ3n) is 8.25. The highest BCUT2D eigenvalue weighted by Crippen LogP contribution is 2.40.